The largest absolute Gasteiger partial charge is 0.320 e. The highest BCUT2D eigenvalue weighted by Crippen LogP contribution is 2.01. The van der Waals surface area contributed by atoms with Crippen LogP contribution in [-0.4, -0.2) is 76.3 Å². The zero-order valence-corrected chi connectivity index (χ0v) is 10.3. The number of piperazine rings is 1. The lowest BCUT2D eigenvalue weighted by atomic mass is 10.3. The minimum Gasteiger partial charge on any atom is -0.320 e. The first-order valence-corrected chi connectivity index (χ1v) is 6.10. The van der Waals surface area contributed by atoms with Gasteiger partial charge in [-0.25, -0.2) is 0 Å². The van der Waals surface area contributed by atoms with E-state index < -0.39 is 0 Å². The molecule has 1 aliphatic rings. The first kappa shape index (κ1) is 12.9. The third-order valence-electron chi connectivity index (χ3n) is 3.04. The fourth-order valence-electron chi connectivity index (χ4n) is 1.99. The third kappa shape index (κ3) is 5.47. The summed E-state index contributed by atoms with van der Waals surface area (Å²) in [4.78, 5) is 5.12. The van der Waals surface area contributed by atoms with Crippen LogP contribution >= 0.6 is 0 Å². The van der Waals surface area contributed by atoms with Gasteiger partial charge in [0.25, 0.3) is 0 Å². The predicted octanol–water partition coefficient (Wildman–Crippen LogP) is -0.567. The second kappa shape index (κ2) is 8.05. The fraction of sp³-hybridized carbons (Fsp3) is 1.00. The van der Waals surface area contributed by atoms with Gasteiger partial charge in [-0.1, -0.05) is 0 Å². The van der Waals surface area contributed by atoms with Gasteiger partial charge in [-0.3, -0.25) is 4.90 Å². The predicted molar refractivity (Wildman–Crippen MR) is 65.4 cm³/mol. The Bertz CT molecular complexity index is 144. The molecule has 0 aromatic heterocycles. The lowest BCUT2D eigenvalue weighted by Crippen LogP contribution is -2.48. The van der Waals surface area contributed by atoms with Crippen LogP contribution in [-0.2, 0) is 0 Å². The molecule has 0 aliphatic carbocycles. The van der Waals surface area contributed by atoms with E-state index in [-0.39, 0.29) is 0 Å². The molecule has 0 aromatic rings. The topological polar surface area (TPSA) is 30.5 Å². The average Bonchev–Trinajstić information content (AvgIpc) is 2.28. The van der Waals surface area contributed by atoms with Crippen molar-refractivity contribution in [3.63, 3.8) is 0 Å². The van der Waals surface area contributed by atoms with Crippen molar-refractivity contribution < 1.29 is 0 Å². The smallest absolute Gasteiger partial charge is 0.0110 e. The summed E-state index contributed by atoms with van der Waals surface area (Å²) in [6.45, 7) is 9.66. The summed E-state index contributed by atoms with van der Waals surface area (Å²) in [6.07, 6.45) is 1.27. The summed E-state index contributed by atoms with van der Waals surface area (Å²) < 4.78 is 0. The van der Waals surface area contributed by atoms with Crippen LogP contribution < -0.4 is 10.6 Å². The van der Waals surface area contributed by atoms with Crippen molar-refractivity contribution in [3.05, 3.63) is 0 Å². The van der Waals surface area contributed by atoms with Gasteiger partial charge in [0.1, 0.15) is 0 Å². The molecule has 1 saturated heterocycles. The molecular weight excluding hydrogens is 188 g/mol. The Morgan fingerprint density at radius 2 is 1.33 bits per heavy atom. The Kier molecular flexibility index (Phi) is 6.92. The van der Waals surface area contributed by atoms with E-state index in [1.165, 1.54) is 45.7 Å². The van der Waals surface area contributed by atoms with Crippen molar-refractivity contribution in [1.29, 1.82) is 0 Å². The summed E-state index contributed by atoms with van der Waals surface area (Å²) in [5, 5.41) is 6.40. The van der Waals surface area contributed by atoms with E-state index in [2.05, 4.69) is 20.4 Å². The molecule has 0 unspecified atom stereocenters. The SMILES string of the molecule is CNCCCN1CCN(CCNC)CC1. The molecule has 1 aliphatic heterocycles. The van der Waals surface area contributed by atoms with Crippen molar-refractivity contribution in [1.82, 2.24) is 20.4 Å². The number of likely N-dealkylation sites (N-methyl/N-ethyl adjacent to an activating group) is 1. The van der Waals surface area contributed by atoms with Gasteiger partial charge in [-0.05, 0) is 33.6 Å². The molecule has 0 atom stereocenters. The van der Waals surface area contributed by atoms with Crippen LogP contribution in [0, 0.1) is 0 Å². The second-order valence-corrected chi connectivity index (χ2v) is 4.24. The Hall–Kier alpha value is -0.160. The highest BCUT2D eigenvalue weighted by atomic mass is 15.3. The van der Waals surface area contributed by atoms with Crippen LogP contribution in [0.5, 0.6) is 0 Å². The van der Waals surface area contributed by atoms with E-state index in [4.69, 9.17) is 0 Å². The van der Waals surface area contributed by atoms with Crippen molar-refractivity contribution in [3.8, 4) is 0 Å². The van der Waals surface area contributed by atoms with Gasteiger partial charge < -0.3 is 15.5 Å². The molecule has 15 heavy (non-hydrogen) atoms. The monoisotopic (exact) mass is 214 g/mol. The van der Waals surface area contributed by atoms with Crippen LogP contribution in [0.4, 0.5) is 0 Å². The molecule has 0 spiro atoms. The van der Waals surface area contributed by atoms with Gasteiger partial charge in [-0.15, -0.1) is 0 Å². The van der Waals surface area contributed by atoms with E-state index in [1.807, 2.05) is 14.1 Å². The van der Waals surface area contributed by atoms with Gasteiger partial charge in [0.2, 0.25) is 0 Å². The van der Waals surface area contributed by atoms with E-state index >= 15 is 0 Å². The summed E-state index contributed by atoms with van der Waals surface area (Å²) in [6, 6.07) is 0. The standard InChI is InChI=1S/C11H26N4/c1-12-4-3-6-14-8-10-15(11-9-14)7-5-13-2/h12-13H,3-11H2,1-2H3. The van der Waals surface area contributed by atoms with Crippen LogP contribution in [0.25, 0.3) is 0 Å². The lowest BCUT2D eigenvalue weighted by Gasteiger charge is -2.34. The zero-order chi connectivity index (χ0) is 10.9. The van der Waals surface area contributed by atoms with Crippen molar-refractivity contribution in [2.45, 2.75) is 6.42 Å². The molecular formula is C11H26N4. The second-order valence-electron chi connectivity index (χ2n) is 4.24. The van der Waals surface area contributed by atoms with Crippen LogP contribution in [0.15, 0.2) is 0 Å². The van der Waals surface area contributed by atoms with Gasteiger partial charge in [0, 0.05) is 39.3 Å². The molecule has 1 rings (SSSR count). The summed E-state index contributed by atoms with van der Waals surface area (Å²) in [5.74, 6) is 0. The lowest BCUT2D eigenvalue weighted by molar-refractivity contribution is 0.132. The minimum atomic E-state index is 1.11. The summed E-state index contributed by atoms with van der Waals surface area (Å²) >= 11 is 0. The van der Waals surface area contributed by atoms with Gasteiger partial charge in [-0.2, -0.15) is 0 Å². The van der Waals surface area contributed by atoms with Gasteiger partial charge in [0.05, 0.1) is 0 Å². The van der Waals surface area contributed by atoms with Crippen LogP contribution in [0.2, 0.25) is 0 Å². The number of nitrogens with one attached hydrogen (secondary N) is 2. The van der Waals surface area contributed by atoms with Crippen molar-refractivity contribution >= 4 is 0 Å². The highest BCUT2D eigenvalue weighted by molar-refractivity contribution is 4.72. The number of nitrogens with zero attached hydrogens (tertiary/aromatic N) is 2. The first-order valence-electron chi connectivity index (χ1n) is 6.10. The molecule has 4 heteroatoms. The van der Waals surface area contributed by atoms with Crippen LogP contribution in [0.3, 0.4) is 0 Å². The molecule has 0 radical (unpaired) electrons. The molecule has 0 amide bonds. The maximum atomic E-state index is 3.20. The third-order valence-corrected chi connectivity index (χ3v) is 3.04. The minimum absolute atomic E-state index is 1.11. The van der Waals surface area contributed by atoms with Crippen LogP contribution in [0.1, 0.15) is 6.42 Å². The maximum Gasteiger partial charge on any atom is 0.0110 e. The molecule has 0 saturated carbocycles. The molecule has 4 nitrogen and oxygen atoms in total. The first-order chi connectivity index (χ1) is 7.36. The Labute approximate surface area is 94.0 Å². The maximum absolute atomic E-state index is 3.20. The zero-order valence-electron chi connectivity index (χ0n) is 10.3. The molecule has 90 valence electrons. The number of rotatable bonds is 7. The highest BCUT2D eigenvalue weighted by Gasteiger charge is 2.15. The average molecular weight is 214 g/mol. The normalized spacial score (nSPS) is 19.6. The summed E-state index contributed by atoms with van der Waals surface area (Å²) in [7, 11) is 4.05. The molecule has 0 bridgehead atoms. The van der Waals surface area contributed by atoms with E-state index in [1.54, 1.807) is 0 Å². The Morgan fingerprint density at radius 3 is 1.87 bits per heavy atom. The molecule has 1 fully saturated rings. The number of hydrogen-bond donors (Lipinski definition) is 2. The molecule has 1 heterocycles. The van der Waals surface area contributed by atoms with Crippen molar-refractivity contribution in [2.24, 2.45) is 0 Å². The van der Waals surface area contributed by atoms with E-state index in [0.717, 1.165) is 13.1 Å². The van der Waals surface area contributed by atoms with E-state index in [9.17, 15) is 0 Å². The van der Waals surface area contributed by atoms with Gasteiger partial charge in [0.15, 0.2) is 0 Å². The van der Waals surface area contributed by atoms with Crippen molar-refractivity contribution in [2.75, 3.05) is 66.5 Å². The Balaban J connectivity index is 2.02. The molecule has 2 N–H and O–H groups in total. The Morgan fingerprint density at radius 1 is 0.800 bits per heavy atom. The number of hydrogen-bond acceptors (Lipinski definition) is 4. The van der Waals surface area contributed by atoms with E-state index in [0.29, 0.717) is 0 Å². The fourth-order valence-corrected chi connectivity index (χ4v) is 1.99. The summed E-state index contributed by atoms with van der Waals surface area (Å²) in [5.41, 5.74) is 0. The molecule has 0 aromatic carbocycles. The quantitative estimate of drug-likeness (QED) is 0.556. The van der Waals surface area contributed by atoms with Gasteiger partial charge >= 0.3 is 0 Å².